The topological polar surface area (TPSA) is 24.1 Å². The summed E-state index contributed by atoms with van der Waals surface area (Å²) in [5, 5.41) is 8.30. The normalized spacial score (nSPS) is 20.8. The second kappa shape index (κ2) is 5.26. The molecule has 0 radical (unpaired) electrons. The molecule has 1 aliphatic heterocycles. The standard InChI is InChI=1S/C12H16Cl2N2/c1-8-5-11(14)12(6-10(8)13)16-9-3-2-4-15-7-9/h5-6,9,15-16H,2-4,7H2,1H3. The molecule has 2 rings (SSSR count). The summed E-state index contributed by atoms with van der Waals surface area (Å²) in [6.07, 6.45) is 2.38. The lowest BCUT2D eigenvalue weighted by Crippen LogP contribution is -2.38. The molecule has 4 heteroatoms. The molecule has 0 spiro atoms. The molecule has 0 amide bonds. The average molecular weight is 259 g/mol. The minimum Gasteiger partial charge on any atom is -0.380 e. The lowest BCUT2D eigenvalue weighted by atomic mass is 10.1. The van der Waals surface area contributed by atoms with Crippen LogP contribution in [0.1, 0.15) is 18.4 Å². The number of anilines is 1. The quantitative estimate of drug-likeness (QED) is 0.849. The maximum atomic E-state index is 6.18. The molecule has 0 saturated carbocycles. The Bertz CT molecular complexity index is 374. The minimum absolute atomic E-state index is 0.449. The van der Waals surface area contributed by atoms with Gasteiger partial charge in [0.1, 0.15) is 0 Å². The second-order valence-corrected chi connectivity index (χ2v) is 5.08. The van der Waals surface area contributed by atoms with Gasteiger partial charge in [-0.25, -0.2) is 0 Å². The highest BCUT2D eigenvalue weighted by Crippen LogP contribution is 2.29. The number of piperidine rings is 1. The molecule has 1 aromatic carbocycles. The molecule has 1 saturated heterocycles. The molecule has 0 bridgehead atoms. The van der Waals surface area contributed by atoms with Crippen molar-refractivity contribution in [3.05, 3.63) is 27.7 Å². The maximum Gasteiger partial charge on any atom is 0.0641 e. The van der Waals surface area contributed by atoms with E-state index in [1.807, 2.05) is 19.1 Å². The van der Waals surface area contributed by atoms with Gasteiger partial charge in [-0.2, -0.15) is 0 Å². The molecule has 1 unspecified atom stereocenters. The zero-order valence-electron chi connectivity index (χ0n) is 9.32. The predicted octanol–water partition coefficient (Wildman–Crippen LogP) is 3.47. The minimum atomic E-state index is 0.449. The first-order chi connectivity index (χ1) is 7.66. The van der Waals surface area contributed by atoms with Crippen molar-refractivity contribution >= 4 is 28.9 Å². The van der Waals surface area contributed by atoms with Gasteiger partial charge in [0.25, 0.3) is 0 Å². The Kier molecular flexibility index (Phi) is 3.95. The van der Waals surface area contributed by atoms with Crippen molar-refractivity contribution in [2.75, 3.05) is 18.4 Å². The van der Waals surface area contributed by atoms with Crippen molar-refractivity contribution in [2.45, 2.75) is 25.8 Å². The van der Waals surface area contributed by atoms with Gasteiger partial charge in [-0.05, 0) is 44.0 Å². The first kappa shape index (κ1) is 12.0. The van der Waals surface area contributed by atoms with Crippen LogP contribution in [0.5, 0.6) is 0 Å². The number of benzene rings is 1. The first-order valence-corrected chi connectivity index (χ1v) is 6.35. The zero-order chi connectivity index (χ0) is 11.5. The van der Waals surface area contributed by atoms with Crippen molar-refractivity contribution in [3.8, 4) is 0 Å². The molecule has 16 heavy (non-hydrogen) atoms. The molecule has 0 aromatic heterocycles. The van der Waals surface area contributed by atoms with E-state index in [-0.39, 0.29) is 0 Å². The summed E-state index contributed by atoms with van der Waals surface area (Å²) in [5.74, 6) is 0. The van der Waals surface area contributed by atoms with Crippen molar-refractivity contribution in [1.29, 1.82) is 0 Å². The van der Waals surface area contributed by atoms with Gasteiger partial charge in [-0.3, -0.25) is 0 Å². The van der Waals surface area contributed by atoms with E-state index < -0.39 is 0 Å². The fraction of sp³-hybridized carbons (Fsp3) is 0.500. The van der Waals surface area contributed by atoms with E-state index >= 15 is 0 Å². The van der Waals surface area contributed by atoms with Crippen LogP contribution in [0, 0.1) is 6.92 Å². The van der Waals surface area contributed by atoms with E-state index in [1.54, 1.807) is 0 Å². The van der Waals surface area contributed by atoms with Crippen molar-refractivity contribution in [1.82, 2.24) is 5.32 Å². The molecule has 1 fully saturated rings. The van der Waals surface area contributed by atoms with Crippen molar-refractivity contribution in [3.63, 3.8) is 0 Å². The van der Waals surface area contributed by atoms with Gasteiger partial charge in [-0.15, -0.1) is 0 Å². The van der Waals surface area contributed by atoms with Gasteiger partial charge < -0.3 is 10.6 Å². The molecule has 2 nitrogen and oxygen atoms in total. The summed E-state index contributed by atoms with van der Waals surface area (Å²) < 4.78 is 0. The highest BCUT2D eigenvalue weighted by molar-refractivity contribution is 6.35. The third-order valence-corrected chi connectivity index (χ3v) is 3.62. The Labute approximate surface area is 106 Å². The number of rotatable bonds is 2. The van der Waals surface area contributed by atoms with Gasteiger partial charge in [-0.1, -0.05) is 23.2 Å². The van der Waals surface area contributed by atoms with E-state index in [0.717, 1.165) is 34.4 Å². The number of hydrogen-bond donors (Lipinski definition) is 2. The molecule has 1 atom stereocenters. The summed E-state index contributed by atoms with van der Waals surface area (Å²) in [6.45, 7) is 4.06. The molecule has 1 heterocycles. The molecular formula is C12H16Cl2N2. The summed E-state index contributed by atoms with van der Waals surface area (Å²) in [4.78, 5) is 0. The van der Waals surface area contributed by atoms with Gasteiger partial charge in [0.2, 0.25) is 0 Å². The van der Waals surface area contributed by atoms with Gasteiger partial charge in [0.15, 0.2) is 0 Å². The number of hydrogen-bond acceptors (Lipinski definition) is 2. The third-order valence-electron chi connectivity index (χ3n) is 2.90. The van der Waals surface area contributed by atoms with E-state index in [9.17, 15) is 0 Å². The smallest absolute Gasteiger partial charge is 0.0641 e. The average Bonchev–Trinajstić information content (AvgIpc) is 2.27. The number of nitrogens with one attached hydrogen (secondary N) is 2. The first-order valence-electron chi connectivity index (χ1n) is 5.59. The SMILES string of the molecule is Cc1cc(Cl)c(NC2CCCNC2)cc1Cl. The molecule has 0 aliphatic carbocycles. The lowest BCUT2D eigenvalue weighted by molar-refractivity contribution is 0.480. The van der Waals surface area contributed by atoms with E-state index in [2.05, 4.69) is 10.6 Å². The van der Waals surface area contributed by atoms with E-state index in [4.69, 9.17) is 23.2 Å². The van der Waals surface area contributed by atoms with Gasteiger partial charge in [0, 0.05) is 17.6 Å². The van der Waals surface area contributed by atoms with Crippen LogP contribution in [-0.2, 0) is 0 Å². The van der Waals surface area contributed by atoms with Crippen molar-refractivity contribution in [2.24, 2.45) is 0 Å². The zero-order valence-corrected chi connectivity index (χ0v) is 10.8. The van der Waals surface area contributed by atoms with Crippen LogP contribution in [-0.4, -0.2) is 19.1 Å². The monoisotopic (exact) mass is 258 g/mol. The van der Waals surface area contributed by atoms with Crippen LogP contribution in [0.15, 0.2) is 12.1 Å². The molecule has 88 valence electrons. The Morgan fingerprint density at radius 3 is 2.81 bits per heavy atom. The summed E-state index contributed by atoms with van der Waals surface area (Å²) in [6, 6.07) is 4.26. The van der Waals surface area contributed by atoms with Crippen LogP contribution in [0.2, 0.25) is 10.0 Å². The fourth-order valence-electron chi connectivity index (χ4n) is 1.95. The van der Waals surface area contributed by atoms with Gasteiger partial charge in [0.05, 0.1) is 10.7 Å². The highest BCUT2D eigenvalue weighted by atomic mass is 35.5. The highest BCUT2D eigenvalue weighted by Gasteiger charge is 2.14. The Hall–Kier alpha value is -0.440. The van der Waals surface area contributed by atoms with Crippen molar-refractivity contribution < 1.29 is 0 Å². The second-order valence-electron chi connectivity index (χ2n) is 4.27. The molecule has 1 aliphatic rings. The number of aryl methyl sites for hydroxylation is 1. The van der Waals surface area contributed by atoms with Crippen LogP contribution < -0.4 is 10.6 Å². The maximum absolute atomic E-state index is 6.18. The van der Waals surface area contributed by atoms with Crippen LogP contribution >= 0.6 is 23.2 Å². The Balaban J connectivity index is 2.11. The lowest BCUT2D eigenvalue weighted by Gasteiger charge is -2.25. The summed E-state index contributed by atoms with van der Waals surface area (Å²) >= 11 is 12.3. The molecular weight excluding hydrogens is 243 g/mol. The summed E-state index contributed by atoms with van der Waals surface area (Å²) in [5.41, 5.74) is 1.95. The predicted molar refractivity (Wildman–Crippen MR) is 70.7 cm³/mol. The largest absolute Gasteiger partial charge is 0.380 e. The van der Waals surface area contributed by atoms with Crippen LogP contribution in [0.3, 0.4) is 0 Å². The van der Waals surface area contributed by atoms with Crippen LogP contribution in [0.25, 0.3) is 0 Å². The van der Waals surface area contributed by atoms with E-state index in [0.29, 0.717) is 6.04 Å². The van der Waals surface area contributed by atoms with E-state index in [1.165, 1.54) is 12.8 Å². The number of halogens is 2. The third kappa shape index (κ3) is 2.82. The Morgan fingerprint density at radius 1 is 1.31 bits per heavy atom. The molecule has 2 N–H and O–H groups in total. The van der Waals surface area contributed by atoms with Crippen LogP contribution in [0.4, 0.5) is 5.69 Å². The summed E-state index contributed by atoms with van der Waals surface area (Å²) in [7, 11) is 0. The van der Waals surface area contributed by atoms with Gasteiger partial charge >= 0.3 is 0 Å². The molecule has 1 aromatic rings. The fourth-order valence-corrected chi connectivity index (χ4v) is 2.39. The Morgan fingerprint density at radius 2 is 2.12 bits per heavy atom.